The zero-order chi connectivity index (χ0) is 21.6. The predicted molar refractivity (Wildman–Crippen MR) is 119 cm³/mol. The van der Waals surface area contributed by atoms with E-state index in [0.717, 1.165) is 22.2 Å². The summed E-state index contributed by atoms with van der Waals surface area (Å²) in [6.45, 7) is 3.54. The van der Waals surface area contributed by atoms with Crippen LogP contribution in [-0.2, 0) is 4.79 Å². The molecule has 9 heteroatoms. The Morgan fingerprint density at radius 3 is 2.70 bits per heavy atom. The lowest BCUT2D eigenvalue weighted by molar-refractivity contribution is -0.139. The van der Waals surface area contributed by atoms with Crippen LogP contribution >= 0.6 is 27.3 Å². The first-order chi connectivity index (χ1) is 14.3. The highest BCUT2D eigenvalue weighted by Gasteiger charge is 2.15. The number of hydrogen-bond acceptors (Lipinski definition) is 6. The van der Waals surface area contributed by atoms with Gasteiger partial charge in [0.25, 0.3) is 5.56 Å². The molecule has 0 bridgehead atoms. The van der Waals surface area contributed by atoms with E-state index in [1.165, 1.54) is 18.4 Å². The van der Waals surface area contributed by atoms with E-state index >= 15 is 0 Å². The van der Waals surface area contributed by atoms with Crippen molar-refractivity contribution in [2.75, 3.05) is 13.7 Å². The van der Waals surface area contributed by atoms with Gasteiger partial charge in [-0.15, -0.1) is 0 Å². The van der Waals surface area contributed by atoms with E-state index in [1.807, 2.05) is 26.0 Å². The topological polar surface area (TPSA) is 90.1 Å². The molecule has 0 fully saturated rings. The van der Waals surface area contributed by atoms with Crippen LogP contribution in [-0.4, -0.2) is 34.2 Å². The summed E-state index contributed by atoms with van der Waals surface area (Å²) in [5.41, 5.74) is 4.41. The fourth-order valence-corrected chi connectivity index (χ4v) is 4.73. The number of aryl methyl sites for hydroxylation is 2. The molecule has 0 spiro atoms. The van der Waals surface area contributed by atoms with Gasteiger partial charge in [-0.1, -0.05) is 11.3 Å². The van der Waals surface area contributed by atoms with Crippen LogP contribution < -0.4 is 19.6 Å². The van der Waals surface area contributed by atoms with Crippen LogP contribution in [0.5, 0.6) is 11.5 Å². The molecule has 7 nitrogen and oxygen atoms in total. The molecule has 0 aliphatic rings. The molecule has 0 amide bonds. The third-order valence-electron chi connectivity index (χ3n) is 4.74. The fraction of sp³-hybridized carbons (Fsp3) is 0.190. The number of methoxy groups -OCH3 is 1. The standard InChI is InChI=1S/C21H17BrN2O5S/c1-10-4-14-15(5-11(10)2)24-20(27)17(30-21(24)23-14)8-12-6-13(22)19(16(7-12)28-3)29-9-18(25)26/h4-8H,9H2,1-3H3,(H,25,26)/b17-8-. The molecule has 30 heavy (non-hydrogen) atoms. The fourth-order valence-electron chi connectivity index (χ4n) is 3.17. The first kappa shape index (κ1) is 20.4. The Balaban J connectivity index is 1.84. The molecular weight excluding hydrogens is 472 g/mol. The number of imidazole rings is 1. The summed E-state index contributed by atoms with van der Waals surface area (Å²) < 4.78 is 13.3. The van der Waals surface area contributed by atoms with E-state index < -0.39 is 12.6 Å². The van der Waals surface area contributed by atoms with Crippen molar-refractivity contribution in [2.45, 2.75) is 13.8 Å². The number of rotatable bonds is 5. The van der Waals surface area contributed by atoms with Gasteiger partial charge < -0.3 is 14.6 Å². The zero-order valence-electron chi connectivity index (χ0n) is 16.4. The van der Waals surface area contributed by atoms with E-state index in [0.29, 0.717) is 25.3 Å². The molecule has 0 aliphatic heterocycles. The van der Waals surface area contributed by atoms with Gasteiger partial charge in [0.2, 0.25) is 0 Å². The van der Waals surface area contributed by atoms with Crippen molar-refractivity contribution in [1.82, 2.24) is 9.38 Å². The number of aliphatic carboxylic acids is 1. The molecular formula is C21H17BrN2O5S. The summed E-state index contributed by atoms with van der Waals surface area (Å²) in [6.07, 6.45) is 1.75. The van der Waals surface area contributed by atoms with Crippen LogP contribution in [0, 0.1) is 13.8 Å². The third kappa shape index (κ3) is 3.54. The molecule has 0 aliphatic carbocycles. The van der Waals surface area contributed by atoms with Gasteiger partial charge in [-0.3, -0.25) is 4.79 Å². The van der Waals surface area contributed by atoms with E-state index in [9.17, 15) is 9.59 Å². The Morgan fingerprint density at radius 2 is 2.00 bits per heavy atom. The number of nitrogens with zero attached hydrogens (tertiary/aromatic N) is 2. The molecule has 1 N–H and O–H groups in total. The lowest BCUT2D eigenvalue weighted by Crippen LogP contribution is -2.22. The summed E-state index contributed by atoms with van der Waals surface area (Å²) in [4.78, 5) is 29.1. The highest BCUT2D eigenvalue weighted by Crippen LogP contribution is 2.37. The quantitative estimate of drug-likeness (QED) is 0.463. The second-order valence-electron chi connectivity index (χ2n) is 6.79. The first-order valence-electron chi connectivity index (χ1n) is 8.94. The second-order valence-corrected chi connectivity index (χ2v) is 8.65. The van der Waals surface area contributed by atoms with Crippen LogP contribution in [0.4, 0.5) is 0 Å². The predicted octanol–water partition coefficient (Wildman–Crippen LogP) is 3.31. The number of ether oxygens (including phenoxy) is 2. The highest BCUT2D eigenvalue weighted by atomic mass is 79.9. The summed E-state index contributed by atoms with van der Waals surface area (Å²) >= 11 is 4.70. The summed E-state index contributed by atoms with van der Waals surface area (Å²) in [5, 5.41) is 8.84. The molecule has 4 aromatic rings. The first-order valence-corrected chi connectivity index (χ1v) is 10.6. The van der Waals surface area contributed by atoms with Crippen LogP contribution in [0.15, 0.2) is 33.5 Å². The minimum Gasteiger partial charge on any atom is -0.493 e. The zero-order valence-corrected chi connectivity index (χ0v) is 18.8. The van der Waals surface area contributed by atoms with Gasteiger partial charge in [-0.2, -0.15) is 0 Å². The molecule has 154 valence electrons. The highest BCUT2D eigenvalue weighted by molar-refractivity contribution is 9.10. The number of carboxylic acid groups (broad SMARTS) is 1. The molecule has 4 rings (SSSR count). The van der Waals surface area contributed by atoms with Crippen LogP contribution in [0.25, 0.3) is 22.1 Å². The molecule has 0 saturated carbocycles. The molecule has 2 aromatic carbocycles. The average molecular weight is 489 g/mol. The Hall–Kier alpha value is -2.91. The minimum atomic E-state index is -1.09. The summed E-state index contributed by atoms with van der Waals surface area (Å²) in [5.74, 6) is -0.436. The monoisotopic (exact) mass is 488 g/mol. The van der Waals surface area contributed by atoms with Gasteiger partial charge in [0, 0.05) is 0 Å². The number of hydrogen-bond donors (Lipinski definition) is 1. The Morgan fingerprint density at radius 1 is 1.27 bits per heavy atom. The van der Waals surface area contributed by atoms with Crippen molar-refractivity contribution in [1.29, 1.82) is 0 Å². The lowest BCUT2D eigenvalue weighted by Gasteiger charge is -2.12. The van der Waals surface area contributed by atoms with Crippen molar-refractivity contribution in [3.63, 3.8) is 0 Å². The maximum atomic E-state index is 13.1. The SMILES string of the molecule is COc1cc(/C=c2\sc3nc4cc(C)c(C)cc4n3c2=O)cc(Br)c1OCC(=O)O. The number of thiazole rings is 1. The maximum Gasteiger partial charge on any atom is 0.341 e. The summed E-state index contributed by atoms with van der Waals surface area (Å²) in [6, 6.07) is 7.41. The smallest absolute Gasteiger partial charge is 0.341 e. The van der Waals surface area contributed by atoms with E-state index in [4.69, 9.17) is 14.6 Å². The van der Waals surface area contributed by atoms with Gasteiger partial charge in [0.15, 0.2) is 23.1 Å². The molecule has 0 radical (unpaired) electrons. The largest absolute Gasteiger partial charge is 0.493 e. The van der Waals surface area contributed by atoms with Gasteiger partial charge >= 0.3 is 5.97 Å². The van der Waals surface area contributed by atoms with Gasteiger partial charge in [0.1, 0.15) is 0 Å². The van der Waals surface area contributed by atoms with Crippen molar-refractivity contribution in [3.8, 4) is 11.5 Å². The van der Waals surface area contributed by atoms with E-state index in [2.05, 4.69) is 20.9 Å². The minimum absolute atomic E-state index is 0.137. The van der Waals surface area contributed by atoms with Crippen LogP contribution in [0.3, 0.4) is 0 Å². The van der Waals surface area contributed by atoms with Crippen molar-refractivity contribution in [2.24, 2.45) is 0 Å². The van der Waals surface area contributed by atoms with Crippen LogP contribution in [0.2, 0.25) is 0 Å². The van der Waals surface area contributed by atoms with Gasteiger partial charge in [0.05, 0.1) is 27.1 Å². The number of halogens is 1. The number of carbonyl (C=O) groups is 1. The Labute approximate surface area is 183 Å². The van der Waals surface area contributed by atoms with Crippen molar-refractivity contribution in [3.05, 3.63) is 60.3 Å². The number of benzene rings is 2. The summed E-state index contributed by atoms with van der Waals surface area (Å²) in [7, 11) is 1.47. The third-order valence-corrected chi connectivity index (χ3v) is 6.30. The van der Waals surface area contributed by atoms with Gasteiger partial charge in [-0.05, 0) is 76.8 Å². The van der Waals surface area contributed by atoms with Crippen molar-refractivity contribution < 1.29 is 19.4 Å². The van der Waals surface area contributed by atoms with Crippen LogP contribution in [0.1, 0.15) is 16.7 Å². The van der Waals surface area contributed by atoms with E-state index in [-0.39, 0.29) is 11.3 Å². The molecule has 2 heterocycles. The number of fused-ring (bicyclic) bond motifs is 3. The molecule has 0 unspecified atom stereocenters. The molecule has 0 atom stereocenters. The average Bonchev–Trinajstić information content (AvgIpc) is 3.17. The van der Waals surface area contributed by atoms with Crippen molar-refractivity contribution >= 4 is 55.3 Å². The number of aromatic nitrogens is 2. The molecule has 2 aromatic heterocycles. The normalized spacial score (nSPS) is 12.1. The lowest BCUT2D eigenvalue weighted by atomic mass is 10.1. The Kier molecular flexibility index (Phi) is 5.25. The molecule has 0 saturated heterocycles. The Bertz CT molecular complexity index is 1420. The number of carboxylic acids is 1. The van der Waals surface area contributed by atoms with Gasteiger partial charge in [-0.25, -0.2) is 14.2 Å². The van der Waals surface area contributed by atoms with E-state index in [1.54, 1.807) is 22.6 Å². The maximum absolute atomic E-state index is 13.1. The second kappa shape index (κ2) is 7.73.